The monoisotopic (exact) mass is 376 g/mol. The van der Waals surface area contributed by atoms with E-state index in [1.165, 1.54) is 12.3 Å². The number of carbonyl (C=O) groups is 2. The van der Waals surface area contributed by atoms with Gasteiger partial charge in [-0.1, -0.05) is 16.8 Å². The Bertz CT molecular complexity index is 865. The van der Waals surface area contributed by atoms with Crippen molar-refractivity contribution in [3.05, 3.63) is 34.6 Å². The summed E-state index contributed by atoms with van der Waals surface area (Å²) in [5, 5.41) is 6.94. The van der Waals surface area contributed by atoms with Crippen molar-refractivity contribution in [2.75, 3.05) is 11.4 Å². The van der Waals surface area contributed by atoms with Crippen molar-refractivity contribution in [2.24, 2.45) is 5.73 Å². The zero-order valence-corrected chi connectivity index (χ0v) is 14.6. The van der Waals surface area contributed by atoms with Crippen LogP contribution in [0.3, 0.4) is 0 Å². The van der Waals surface area contributed by atoms with E-state index >= 15 is 0 Å². The highest BCUT2D eigenvalue weighted by Crippen LogP contribution is 2.37. The Morgan fingerprint density at radius 1 is 1.35 bits per heavy atom. The predicted octanol–water partition coefficient (Wildman–Crippen LogP) is 1.45. The molecule has 3 heterocycles. The molecule has 1 atom stereocenters. The molecular weight excluding hydrogens is 360 g/mol. The molecule has 1 saturated carbocycles. The molecule has 0 radical (unpaired) electrons. The summed E-state index contributed by atoms with van der Waals surface area (Å²) in [6.45, 7) is 0.694. The second-order valence-corrected chi connectivity index (χ2v) is 6.86. The van der Waals surface area contributed by atoms with Crippen molar-refractivity contribution in [3.63, 3.8) is 0 Å². The molecule has 136 valence electrons. The second-order valence-electron chi connectivity index (χ2n) is 6.45. The molecule has 1 aliphatic carbocycles. The third-order valence-electron chi connectivity index (χ3n) is 4.47. The van der Waals surface area contributed by atoms with Crippen molar-refractivity contribution >= 4 is 29.2 Å². The number of aromatic nitrogens is 3. The molecule has 2 aromatic rings. The van der Waals surface area contributed by atoms with Crippen LogP contribution in [0, 0.1) is 0 Å². The standard InChI is InChI=1S/C16H17ClN6O3/c17-10-6-8(12(18)24)7-19-14(10)23-5-1-2-11(23)16-21-13(22-26-16)15(25)20-9-3-4-9/h6-7,9,11H,1-5H2,(H2,18,24)(H,20,25). The molecule has 9 nitrogen and oxygen atoms in total. The van der Waals surface area contributed by atoms with Crippen molar-refractivity contribution in [3.8, 4) is 0 Å². The van der Waals surface area contributed by atoms with E-state index in [4.69, 9.17) is 21.9 Å². The van der Waals surface area contributed by atoms with Crippen molar-refractivity contribution < 1.29 is 14.1 Å². The van der Waals surface area contributed by atoms with Gasteiger partial charge in [0.2, 0.25) is 11.8 Å². The number of nitrogens with one attached hydrogen (secondary N) is 1. The maximum atomic E-state index is 12.0. The van der Waals surface area contributed by atoms with Gasteiger partial charge in [-0.05, 0) is 31.7 Å². The van der Waals surface area contributed by atoms with E-state index in [0.717, 1.165) is 25.7 Å². The second kappa shape index (κ2) is 6.56. The lowest BCUT2D eigenvalue weighted by Crippen LogP contribution is -2.27. The third kappa shape index (κ3) is 3.22. The quantitative estimate of drug-likeness (QED) is 0.808. The van der Waals surface area contributed by atoms with Gasteiger partial charge < -0.3 is 20.5 Å². The first-order chi connectivity index (χ1) is 12.5. The topological polar surface area (TPSA) is 127 Å². The maximum Gasteiger partial charge on any atom is 0.292 e. The molecule has 0 spiro atoms. The average Bonchev–Trinajstić information content (AvgIpc) is 3.11. The summed E-state index contributed by atoms with van der Waals surface area (Å²) in [7, 11) is 0. The third-order valence-corrected chi connectivity index (χ3v) is 4.75. The lowest BCUT2D eigenvalue weighted by Gasteiger charge is -2.23. The number of rotatable bonds is 5. The summed E-state index contributed by atoms with van der Waals surface area (Å²) in [4.78, 5) is 33.8. The van der Waals surface area contributed by atoms with Crippen LogP contribution in [0.1, 0.15) is 58.6 Å². The molecule has 0 bridgehead atoms. The normalized spacial score (nSPS) is 19.6. The molecule has 1 saturated heterocycles. The Labute approximate surface area is 153 Å². The van der Waals surface area contributed by atoms with Gasteiger partial charge in [0, 0.05) is 18.8 Å². The Balaban J connectivity index is 1.56. The number of nitrogens with zero attached hydrogens (tertiary/aromatic N) is 4. The summed E-state index contributed by atoms with van der Waals surface area (Å²) in [5.74, 6) is -0.0234. The minimum absolute atomic E-state index is 0.0295. The minimum atomic E-state index is -0.591. The van der Waals surface area contributed by atoms with Crippen LogP contribution in [-0.2, 0) is 0 Å². The van der Waals surface area contributed by atoms with E-state index in [1.54, 1.807) is 0 Å². The van der Waals surface area contributed by atoms with Crippen LogP contribution < -0.4 is 16.0 Å². The number of hydrogen-bond donors (Lipinski definition) is 2. The largest absolute Gasteiger partial charge is 0.366 e. The Hall–Kier alpha value is -2.68. The predicted molar refractivity (Wildman–Crippen MR) is 91.9 cm³/mol. The van der Waals surface area contributed by atoms with E-state index < -0.39 is 5.91 Å². The molecule has 1 unspecified atom stereocenters. The van der Waals surface area contributed by atoms with E-state index in [2.05, 4.69) is 20.4 Å². The summed E-state index contributed by atoms with van der Waals surface area (Å²) in [5.41, 5.74) is 5.49. The fraction of sp³-hybridized carbons (Fsp3) is 0.438. The fourth-order valence-corrected chi connectivity index (χ4v) is 3.27. The molecule has 3 N–H and O–H groups in total. The van der Waals surface area contributed by atoms with Crippen molar-refractivity contribution in [2.45, 2.75) is 37.8 Å². The highest BCUT2D eigenvalue weighted by molar-refractivity contribution is 6.33. The van der Waals surface area contributed by atoms with Gasteiger partial charge in [-0.15, -0.1) is 0 Å². The number of halogens is 1. The number of amides is 2. The average molecular weight is 377 g/mol. The van der Waals surface area contributed by atoms with Crippen molar-refractivity contribution in [1.82, 2.24) is 20.4 Å². The molecule has 4 rings (SSSR count). The van der Waals surface area contributed by atoms with E-state index in [1.807, 2.05) is 4.90 Å². The SMILES string of the molecule is NC(=O)c1cnc(N2CCCC2c2nc(C(=O)NC3CC3)no2)c(Cl)c1. The van der Waals surface area contributed by atoms with Gasteiger partial charge in [0.15, 0.2) is 0 Å². The highest BCUT2D eigenvalue weighted by Gasteiger charge is 2.34. The van der Waals surface area contributed by atoms with Gasteiger partial charge in [0.1, 0.15) is 11.9 Å². The molecule has 2 aromatic heterocycles. The zero-order chi connectivity index (χ0) is 18.3. The summed E-state index contributed by atoms with van der Waals surface area (Å²) in [6, 6.07) is 1.48. The smallest absolute Gasteiger partial charge is 0.292 e. The molecule has 2 aliphatic rings. The van der Waals surface area contributed by atoms with Crippen LogP contribution in [0.25, 0.3) is 0 Å². The van der Waals surface area contributed by atoms with Crippen molar-refractivity contribution in [1.29, 1.82) is 0 Å². The van der Waals surface area contributed by atoms with E-state index in [9.17, 15) is 9.59 Å². The van der Waals surface area contributed by atoms with Crippen LogP contribution in [0.15, 0.2) is 16.8 Å². The summed E-state index contributed by atoms with van der Waals surface area (Å²) < 4.78 is 5.32. The van der Waals surface area contributed by atoms with Gasteiger partial charge in [-0.2, -0.15) is 4.98 Å². The number of anilines is 1. The van der Waals surface area contributed by atoms with Crippen LogP contribution in [0.4, 0.5) is 5.82 Å². The van der Waals surface area contributed by atoms with E-state index in [0.29, 0.717) is 23.3 Å². The zero-order valence-electron chi connectivity index (χ0n) is 13.8. The Morgan fingerprint density at radius 3 is 2.85 bits per heavy atom. The summed E-state index contributed by atoms with van der Waals surface area (Å²) in [6.07, 6.45) is 5.01. The molecule has 26 heavy (non-hydrogen) atoms. The Kier molecular flexibility index (Phi) is 4.23. The first-order valence-corrected chi connectivity index (χ1v) is 8.77. The summed E-state index contributed by atoms with van der Waals surface area (Å²) >= 11 is 6.28. The molecule has 2 amide bonds. The maximum absolute atomic E-state index is 12.0. The minimum Gasteiger partial charge on any atom is -0.366 e. The molecular formula is C16H17ClN6O3. The van der Waals surface area contributed by atoms with Crippen LogP contribution in [0.2, 0.25) is 5.02 Å². The molecule has 0 aromatic carbocycles. The first-order valence-electron chi connectivity index (χ1n) is 8.39. The first kappa shape index (κ1) is 16.8. The highest BCUT2D eigenvalue weighted by atomic mass is 35.5. The van der Waals surface area contributed by atoms with Crippen LogP contribution >= 0.6 is 11.6 Å². The van der Waals surface area contributed by atoms with Crippen LogP contribution in [0.5, 0.6) is 0 Å². The number of carbonyl (C=O) groups excluding carboxylic acids is 2. The number of pyridine rings is 1. The van der Waals surface area contributed by atoms with Gasteiger partial charge in [-0.25, -0.2) is 4.98 Å². The lowest BCUT2D eigenvalue weighted by atomic mass is 10.2. The van der Waals surface area contributed by atoms with Gasteiger partial charge in [-0.3, -0.25) is 9.59 Å². The number of hydrogen-bond acceptors (Lipinski definition) is 7. The van der Waals surface area contributed by atoms with Crippen LogP contribution in [-0.4, -0.2) is 39.5 Å². The van der Waals surface area contributed by atoms with Gasteiger partial charge in [0.25, 0.3) is 11.7 Å². The van der Waals surface area contributed by atoms with Gasteiger partial charge in [0.05, 0.1) is 10.6 Å². The molecule has 10 heteroatoms. The fourth-order valence-electron chi connectivity index (χ4n) is 2.99. The van der Waals surface area contributed by atoms with E-state index in [-0.39, 0.29) is 29.4 Å². The number of primary amides is 1. The Morgan fingerprint density at radius 2 is 2.15 bits per heavy atom. The number of nitrogens with two attached hydrogens (primary N) is 1. The van der Waals surface area contributed by atoms with Gasteiger partial charge >= 0.3 is 0 Å². The lowest BCUT2D eigenvalue weighted by molar-refractivity contribution is 0.0936. The molecule has 2 fully saturated rings. The molecule has 1 aliphatic heterocycles.